The number of ether oxygens (including phenoxy) is 1. The van der Waals surface area contributed by atoms with Crippen LogP contribution in [-0.4, -0.2) is 43.0 Å². The summed E-state index contributed by atoms with van der Waals surface area (Å²) < 4.78 is 10.9. The summed E-state index contributed by atoms with van der Waals surface area (Å²) in [5.41, 5.74) is 5.12. The van der Waals surface area contributed by atoms with Crippen molar-refractivity contribution in [3.63, 3.8) is 0 Å². The maximum absolute atomic E-state index is 12.6. The van der Waals surface area contributed by atoms with Crippen LogP contribution < -0.4 is 5.32 Å². The van der Waals surface area contributed by atoms with E-state index in [9.17, 15) is 9.59 Å². The minimum absolute atomic E-state index is 0.0453. The van der Waals surface area contributed by atoms with Crippen molar-refractivity contribution in [1.29, 1.82) is 0 Å². The van der Waals surface area contributed by atoms with Gasteiger partial charge in [0, 0.05) is 35.3 Å². The van der Waals surface area contributed by atoms with E-state index < -0.39 is 0 Å². The smallest absolute Gasteiger partial charge is 0.254 e. The zero-order valence-electron chi connectivity index (χ0n) is 16.7. The van der Waals surface area contributed by atoms with Crippen molar-refractivity contribution in [3.05, 3.63) is 64.9 Å². The average molecular weight is 392 g/mol. The Labute approximate surface area is 169 Å². The van der Waals surface area contributed by atoms with Crippen LogP contribution in [0.15, 0.2) is 47.1 Å². The Kier molecular flexibility index (Phi) is 5.36. The Morgan fingerprint density at radius 3 is 2.62 bits per heavy atom. The van der Waals surface area contributed by atoms with Gasteiger partial charge in [-0.15, -0.1) is 0 Å². The summed E-state index contributed by atoms with van der Waals surface area (Å²) in [6.07, 6.45) is 1.85. The molecule has 1 aliphatic heterocycles. The van der Waals surface area contributed by atoms with Gasteiger partial charge in [-0.3, -0.25) is 9.59 Å². The van der Waals surface area contributed by atoms with Crippen molar-refractivity contribution < 1.29 is 18.7 Å². The third-order valence-electron chi connectivity index (χ3n) is 5.31. The SMILES string of the molecule is Cc1cc2occ(CC(=O)Nc3cccc(C(=O)N4CCOCC4)c3)c2cc1C. The summed E-state index contributed by atoms with van der Waals surface area (Å²) in [4.78, 5) is 27.0. The Morgan fingerprint density at radius 2 is 1.83 bits per heavy atom. The fraction of sp³-hybridized carbons (Fsp3) is 0.304. The van der Waals surface area contributed by atoms with E-state index in [1.807, 2.05) is 19.9 Å². The van der Waals surface area contributed by atoms with Gasteiger partial charge >= 0.3 is 0 Å². The van der Waals surface area contributed by atoms with Gasteiger partial charge in [0.2, 0.25) is 5.91 Å². The van der Waals surface area contributed by atoms with Crippen LogP contribution in [0.5, 0.6) is 0 Å². The van der Waals surface area contributed by atoms with Crippen LogP contribution in [0.4, 0.5) is 5.69 Å². The predicted molar refractivity (Wildman–Crippen MR) is 111 cm³/mol. The van der Waals surface area contributed by atoms with Crippen LogP contribution >= 0.6 is 0 Å². The number of amides is 2. The molecule has 1 N–H and O–H groups in total. The van der Waals surface area contributed by atoms with Crippen molar-refractivity contribution >= 4 is 28.5 Å². The molecular formula is C23H24N2O4. The number of benzene rings is 2. The number of carbonyl (C=O) groups excluding carboxylic acids is 2. The molecule has 6 heteroatoms. The summed E-state index contributed by atoms with van der Waals surface area (Å²) in [6.45, 7) is 6.36. The molecule has 0 atom stereocenters. The van der Waals surface area contributed by atoms with Crippen molar-refractivity contribution in [2.75, 3.05) is 31.6 Å². The van der Waals surface area contributed by atoms with Crippen molar-refractivity contribution in [3.8, 4) is 0 Å². The van der Waals surface area contributed by atoms with Crippen LogP contribution in [0.2, 0.25) is 0 Å². The molecule has 6 nitrogen and oxygen atoms in total. The highest BCUT2D eigenvalue weighted by atomic mass is 16.5. The molecule has 2 aromatic carbocycles. The van der Waals surface area contributed by atoms with E-state index in [4.69, 9.17) is 9.15 Å². The van der Waals surface area contributed by atoms with E-state index in [0.717, 1.165) is 27.7 Å². The number of rotatable bonds is 4. The van der Waals surface area contributed by atoms with Crippen molar-refractivity contribution in [2.24, 2.45) is 0 Å². The number of aryl methyl sites for hydroxylation is 2. The summed E-state index contributed by atoms with van der Waals surface area (Å²) in [5, 5.41) is 3.85. The van der Waals surface area contributed by atoms with Crippen molar-refractivity contribution in [2.45, 2.75) is 20.3 Å². The topological polar surface area (TPSA) is 71.8 Å². The Bertz CT molecular complexity index is 1060. The molecule has 1 saturated heterocycles. The summed E-state index contributed by atoms with van der Waals surface area (Å²) >= 11 is 0. The number of nitrogens with zero attached hydrogens (tertiary/aromatic N) is 1. The molecule has 3 aromatic rings. The molecule has 4 rings (SSSR count). The number of hydrogen-bond acceptors (Lipinski definition) is 4. The second-order valence-electron chi connectivity index (χ2n) is 7.40. The maximum Gasteiger partial charge on any atom is 0.254 e. The fourth-order valence-corrected chi connectivity index (χ4v) is 3.53. The highest BCUT2D eigenvalue weighted by Gasteiger charge is 2.19. The molecule has 0 bridgehead atoms. The van der Waals surface area contributed by atoms with Gasteiger partial charge in [-0.2, -0.15) is 0 Å². The molecule has 0 saturated carbocycles. The minimum Gasteiger partial charge on any atom is -0.464 e. The van der Waals surface area contributed by atoms with Gasteiger partial charge in [-0.05, 0) is 55.3 Å². The number of fused-ring (bicyclic) bond motifs is 1. The molecule has 150 valence electrons. The van der Waals surface area contributed by atoms with Crippen LogP contribution in [0.25, 0.3) is 11.0 Å². The Balaban J connectivity index is 1.46. The number of hydrogen-bond donors (Lipinski definition) is 1. The largest absolute Gasteiger partial charge is 0.464 e. The van der Waals surface area contributed by atoms with Gasteiger partial charge in [-0.25, -0.2) is 0 Å². The monoisotopic (exact) mass is 392 g/mol. The molecule has 1 aliphatic rings. The zero-order chi connectivity index (χ0) is 20.4. The quantitative estimate of drug-likeness (QED) is 0.735. The molecule has 0 spiro atoms. The Hall–Kier alpha value is -3.12. The number of morpholine rings is 1. The highest BCUT2D eigenvalue weighted by Crippen LogP contribution is 2.25. The van der Waals surface area contributed by atoms with Gasteiger partial charge in [0.15, 0.2) is 0 Å². The molecule has 29 heavy (non-hydrogen) atoms. The van der Waals surface area contributed by atoms with Crippen molar-refractivity contribution in [1.82, 2.24) is 4.90 Å². The lowest BCUT2D eigenvalue weighted by Crippen LogP contribution is -2.40. The second-order valence-corrected chi connectivity index (χ2v) is 7.40. The minimum atomic E-state index is -0.151. The van der Waals surface area contributed by atoms with E-state index in [2.05, 4.69) is 11.4 Å². The zero-order valence-corrected chi connectivity index (χ0v) is 16.7. The summed E-state index contributed by atoms with van der Waals surface area (Å²) in [7, 11) is 0. The predicted octanol–water partition coefficient (Wildman–Crippen LogP) is 3.70. The number of nitrogens with one attached hydrogen (secondary N) is 1. The molecule has 1 fully saturated rings. The highest BCUT2D eigenvalue weighted by molar-refractivity contribution is 5.98. The van der Waals surface area contributed by atoms with Gasteiger partial charge < -0.3 is 19.4 Å². The number of carbonyl (C=O) groups is 2. The lowest BCUT2D eigenvalue weighted by molar-refractivity contribution is -0.115. The van der Waals surface area contributed by atoms with Gasteiger partial charge in [-0.1, -0.05) is 6.07 Å². The van der Waals surface area contributed by atoms with E-state index in [0.29, 0.717) is 37.6 Å². The first kappa shape index (κ1) is 19.2. The first-order valence-corrected chi connectivity index (χ1v) is 9.75. The van der Waals surface area contributed by atoms with Gasteiger partial charge in [0.1, 0.15) is 5.58 Å². The van der Waals surface area contributed by atoms with E-state index >= 15 is 0 Å². The Morgan fingerprint density at radius 1 is 1.07 bits per heavy atom. The molecule has 0 aliphatic carbocycles. The summed E-state index contributed by atoms with van der Waals surface area (Å²) in [6, 6.07) is 11.1. The molecule has 1 aromatic heterocycles. The number of furan rings is 1. The van der Waals surface area contributed by atoms with E-state index in [-0.39, 0.29) is 18.2 Å². The first-order valence-electron chi connectivity index (χ1n) is 9.75. The molecule has 2 heterocycles. The van der Waals surface area contributed by atoms with E-state index in [1.165, 1.54) is 0 Å². The van der Waals surface area contributed by atoms with Crippen LogP contribution in [0, 0.1) is 13.8 Å². The molecular weight excluding hydrogens is 368 g/mol. The standard InChI is InChI=1S/C23H24N2O4/c1-15-10-20-18(14-29-21(20)11-16(15)2)13-22(26)24-19-5-3-4-17(12-19)23(27)25-6-8-28-9-7-25/h3-5,10-12,14H,6-9,13H2,1-2H3,(H,24,26). The molecule has 0 radical (unpaired) electrons. The first-order chi connectivity index (χ1) is 14.0. The second kappa shape index (κ2) is 8.09. The van der Waals surface area contributed by atoms with Gasteiger partial charge in [0.25, 0.3) is 5.91 Å². The van der Waals surface area contributed by atoms with Crippen LogP contribution in [0.3, 0.4) is 0 Å². The van der Waals surface area contributed by atoms with Gasteiger partial charge in [0.05, 0.1) is 25.9 Å². The number of anilines is 1. The lowest BCUT2D eigenvalue weighted by atomic mass is 10.0. The maximum atomic E-state index is 12.6. The molecule has 2 amide bonds. The van der Waals surface area contributed by atoms with Crippen LogP contribution in [0.1, 0.15) is 27.0 Å². The third kappa shape index (κ3) is 4.17. The fourth-order valence-electron chi connectivity index (χ4n) is 3.53. The molecule has 0 unspecified atom stereocenters. The van der Waals surface area contributed by atoms with E-state index in [1.54, 1.807) is 35.4 Å². The lowest BCUT2D eigenvalue weighted by Gasteiger charge is -2.27. The van der Waals surface area contributed by atoms with Crippen LogP contribution in [-0.2, 0) is 16.0 Å². The normalized spacial score (nSPS) is 14.2. The average Bonchev–Trinajstić information content (AvgIpc) is 3.10. The summed E-state index contributed by atoms with van der Waals surface area (Å²) in [5.74, 6) is -0.196. The third-order valence-corrected chi connectivity index (χ3v) is 5.31.